The molecule has 3 rings (SSSR count). The van der Waals surface area contributed by atoms with Crippen LogP contribution in [0.3, 0.4) is 0 Å². The monoisotopic (exact) mass is 210 g/mol. The molecule has 0 aromatic heterocycles. The molecule has 0 saturated heterocycles. The first kappa shape index (κ1) is 9.61. The van der Waals surface area contributed by atoms with E-state index in [1.807, 2.05) is 6.07 Å². The van der Waals surface area contributed by atoms with Gasteiger partial charge >= 0.3 is 0 Å². The summed E-state index contributed by atoms with van der Waals surface area (Å²) in [7, 11) is 0. The summed E-state index contributed by atoms with van der Waals surface area (Å²) in [5.41, 5.74) is 5.08. The lowest BCUT2D eigenvalue weighted by Gasteiger charge is -2.04. The summed E-state index contributed by atoms with van der Waals surface area (Å²) in [5, 5.41) is 9.61. The molecule has 0 saturated carbocycles. The van der Waals surface area contributed by atoms with Gasteiger partial charge < -0.3 is 5.11 Å². The molecular weight excluding hydrogens is 196 g/mol. The highest BCUT2D eigenvalue weighted by Gasteiger charge is 2.19. The first-order valence-corrected chi connectivity index (χ1v) is 5.68. The highest BCUT2D eigenvalue weighted by Crippen LogP contribution is 2.28. The van der Waals surface area contributed by atoms with Crippen LogP contribution in [0.4, 0.5) is 0 Å². The van der Waals surface area contributed by atoms with Crippen LogP contribution in [0.5, 0.6) is 0 Å². The van der Waals surface area contributed by atoms with Gasteiger partial charge in [-0.15, -0.1) is 0 Å². The van der Waals surface area contributed by atoms with Gasteiger partial charge in [-0.1, -0.05) is 48.5 Å². The highest BCUT2D eigenvalue weighted by atomic mass is 16.3. The van der Waals surface area contributed by atoms with E-state index >= 15 is 0 Å². The van der Waals surface area contributed by atoms with Gasteiger partial charge in [-0.05, 0) is 35.1 Å². The summed E-state index contributed by atoms with van der Waals surface area (Å²) in [6.07, 6.45) is 1.43. The summed E-state index contributed by atoms with van der Waals surface area (Å²) in [6.45, 7) is 0. The lowest BCUT2D eigenvalue weighted by molar-refractivity contribution is 0.187. The van der Waals surface area contributed by atoms with Gasteiger partial charge in [0.15, 0.2) is 0 Å². The van der Waals surface area contributed by atoms with E-state index in [0.717, 1.165) is 12.8 Å². The molecule has 0 radical (unpaired) electrons. The number of rotatable bonds is 1. The van der Waals surface area contributed by atoms with Crippen molar-refractivity contribution in [2.45, 2.75) is 18.9 Å². The van der Waals surface area contributed by atoms with Crippen molar-refractivity contribution in [2.75, 3.05) is 0 Å². The maximum absolute atomic E-state index is 9.61. The second-order valence-electron chi connectivity index (χ2n) is 4.41. The van der Waals surface area contributed by atoms with Crippen LogP contribution in [0, 0.1) is 0 Å². The van der Waals surface area contributed by atoms with Crippen molar-refractivity contribution in [3.05, 3.63) is 59.7 Å². The van der Waals surface area contributed by atoms with Gasteiger partial charge in [0, 0.05) is 0 Å². The van der Waals surface area contributed by atoms with E-state index < -0.39 is 0 Å². The van der Waals surface area contributed by atoms with Crippen molar-refractivity contribution in [2.24, 2.45) is 0 Å². The van der Waals surface area contributed by atoms with Crippen LogP contribution in [-0.4, -0.2) is 11.2 Å². The zero-order chi connectivity index (χ0) is 11.0. The highest BCUT2D eigenvalue weighted by molar-refractivity contribution is 5.65. The fourth-order valence-corrected chi connectivity index (χ4v) is 2.41. The average Bonchev–Trinajstić information content (AvgIpc) is 2.69. The Kier molecular flexibility index (Phi) is 2.26. The van der Waals surface area contributed by atoms with Crippen LogP contribution in [0.2, 0.25) is 0 Å². The van der Waals surface area contributed by atoms with Gasteiger partial charge in [0.2, 0.25) is 0 Å². The Morgan fingerprint density at radius 3 is 2.38 bits per heavy atom. The standard InChI is InChI=1S/C15H14O/c16-15-9-13-7-6-12(8-14(13)10-15)11-4-2-1-3-5-11/h1-8,15-16H,9-10H2. The van der Waals surface area contributed by atoms with E-state index in [9.17, 15) is 5.11 Å². The molecule has 0 fully saturated rings. The molecule has 2 aromatic rings. The first-order chi connectivity index (χ1) is 7.83. The third kappa shape index (κ3) is 1.63. The molecule has 0 heterocycles. The zero-order valence-electron chi connectivity index (χ0n) is 9.06. The largest absolute Gasteiger partial charge is 0.392 e. The zero-order valence-corrected chi connectivity index (χ0v) is 9.06. The topological polar surface area (TPSA) is 20.2 Å². The second-order valence-corrected chi connectivity index (χ2v) is 4.41. The van der Waals surface area contributed by atoms with Crippen LogP contribution < -0.4 is 0 Å². The summed E-state index contributed by atoms with van der Waals surface area (Å²) >= 11 is 0. The number of hydrogen-bond acceptors (Lipinski definition) is 1. The Morgan fingerprint density at radius 1 is 0.812 bits per heavy atom. The minimum Gasteiger partial charge on any atom is -0.392 e. The van der Waals surface area contributed by atoms with E-state index in [-0.39, 0.29) is 6.10 Å². The Balaban J connectivity index is 2.03. The number of aliphatic hydroxyl groups is 1. The Morgan fingerprint density at radius 2 is 1.56 bits per heavy atom. The van der Waals surface area contributed by atoms with Crippen molar-refractivity contribution < 1.29 is 5.11 Å². The van der Waals surface area contributed by atoms with Crippen molar-refractivity contribution in [3.63, 3.8) is 0 Å². The van der Waals surface area contributed by atoms with Crippen LogP contribution in [0.1, 0.15) is 11.1 Å². The molecule has 0 bridgehead atoms. The van der Waals surface area contributed by atoms with E-state index in [1.165, 1.54) is 22.3 Å². The number of benzene rings is 2. The predicted molar refractivity (Wildman–Crippen MR) is 65.3 cm³/mol. The molecule has 80 valence electrons. The quantitative estimate of drug-likeness (QED) is 0.767. The molecule has 1 aliphatic rings. The normalized spacial score (nSPS) is 18.4. The molecule has 0 amide bonds. The number of aliphatic hydroxyl groups excluding tert-OH is 1. The van der Waals surface area contributed by atoms with Crippen LogP contribution in [0.25, 0.3) is 11.1 Å². The molecule has 1 N–H and O–H groups in total. The van der Waals surface area contributed by atoms with Crippen LogP contribution >= 0.6 is 0 Å². The summed E-state index contributed by atoms with van der Waals surface area (Å²) in [4.78, 5) is 0. The maximum Gasteiger partial charge on any atom is 0.0621 e. The Labute approximate surface area is 95.4 Å². The van der Waals surface area contributed by atoms with E-state index in [2.05, 4.69) is 42.5 Å². The SMILES string of the molecule is OC1Cc2ccc(-c3ccccc3)cc2C1. The molecule has 0 aliphatic heterocycles. The number of hydrogen-bond donors (Lipinski definition) is 1. The summed E-state index contributed by atoms with van der Waals surface area (Å²) in [6, 6.07) is 16.9. The lowest BCUT2D eigenvalue weighted by Crippen LogP contribution is -2.03. The fraction of sp³-hybridized carbons (Fsp3) is 0.200. The van der Waals surface area contributed by atoms with Gasteiger partial charge in [0.25, 0.3) is 0 Å². The molecule has 1 atom stereocenters. The van der Waals surface area contributed by atoms with E-state index in [0.29, 0.717) is 0 Å². The predicted octanol–water partition coefficient (Wildman–Crippen LogP) is 2.81. The molecule has 1 unspecified atom stereocenters. The van der Waals surface area contributed by atoms with Crippen molar-refractivity contribution in [1.29, 1.82) is 0 Å². The first-order valence-electron chi connectivity index (χ1n) is 5.68. The number of fused-ring (bicyclic) bond motifs is 1. The fourth-order valence-electron chi connectivity index (χ4n) is 2.41. The minimum absolute atomic E-state index is 0.180. The Bertz CT molecular complexity index is 502. The van der Waals surface area contributed by atoms with Crippen molar-refractivity contribution in [3.8, 4) is 11.1 Å². The second kappa shape index (κ2) is 3.76. The van der Waals surface area contributed by atoms with Crippen LogP contribution in [0.15, 0.2) is 48.5 Å². The van der Waals surface area contributed by atoms with Gasteiger partial charge in [0.05, 0.1) is 6.10 Å². The molecule has 1 heteroatoms. The van der Waals surface area contributed by atoms with Gasteiger partial charge in [-0.2, -0.15) is 0 Å². The third-order valence-electron chi connectivity index (χ3n) is 3.22. The molecular formula is C15H14O. The summed E-state index contributed by atoms with van der Waals surface area (Å²) < 4.78 is 0. The van der Waals surface area contributed by atoms with Gasteiger partial charge in [0.1, 0.15) is 0 Å². The molecule has 0 spiro atoms. The average molecular weight is 210 g/mol. The van der Waals surface area contributed by atoms with Crippen molar-refractivity contribution in [1.82, 2.24) is 0 Å². The summed E-state index contributed by atoms with van der Waals surface area (Å²) in [5.74, 6) is 0. The minimum atomic E-state index is -0.180. The maximum atomic E-state index is 9.61. The molecule has 2 aromatic carbocycles. The van der Waals surface area contributed by atoms with Crippen molar-refractivity contribution >= 4 is 0 Å². The lowest BCUT2D eigenvalue weighted by atomic mass is 10.0. The smallest absolute Gasteiger partial charge is 0.0621 e. The molecule has 1 nitrogen and oxygen atoms in total. The van der Waals surface area contributed by atoms with Gasteiger partial charge in [-0.3, -0.25) is 0 Å². The molecule has 1 aliphatic carbocycles. The third-order valence-corrected chi connectivity index (χ3v) is 3.22. The van der Waals surface area contributed by atoms with E-state index in [4.69, 9.17) is 0 Å². The van der Waals surface area contributed by atoms with Crippen LogP contribution in [-0.2, 0) is 12.8 Å². The Hall–Kier alpha value is -1.60. The van der Waals surface area contributed by atoms with E-state index in [1.54, 1.807) is 0 Å². The van der Waals surface area contributed by atoms with Gasteiger partial charge in [-0.25, -0.2) is 0 Å². The molecule has 16 heavy (non-hydrogen) atoms.